The van der Waals surface area contributed by atoms with Crippen molar-refractivity contribution < 1.29 is 18.3 Å². The van der Waals surface area contributed by atoms with Crippen LogP contribution in [0.4, 0.5) is 0 Å². The number of rotatable bonds is 6. The molecule has 22 heavy (non-hydrogen) atoms. The molecule has 2 rings (SSSR count). The van der Waals surface area contributed by atoms with Crippen molar-refractivity contribution in [3.8, 4) is 0 Å². The highest BCUT2D eigenvalue weighted by Gasteiger charge is 2.33. The van der Waals surface area contributed by atoms with Crippen LogP contribution in [0.15, 0.2) is 30.3 Å². The number of piperidine rings is 1. The molecule has 0 spiro atoms. The normalized spacial score (nSPS) is 21.4. The van der Waals surface area contributed by atoms with E-state index in [9.17, 15) is 18.3 Å². The van der Waals surface area contributed by atoms with Gasteiger partial charge in [-0.25, -0.2) is 0 Å². The predicted molar refractivity (Wildman–Crippen MR) is 83.6 cm³/mol. The highest BCUT2D eigenvalue weighted by Crippen LogP contribution is 2.19. The largest absolute Gasteiger partial charge is 0.480 e. The number of nitrogens with zero attached hydrogens (tertiary/aromatic N) is 1. The molecule has 0 saturated carbocycles. The molecule has 1 aliphatic heterocycles. The van der Waals surface area contributed by atoms with E-state index in [1.807, 2.05) is 13.0 Å². The second-order valence-electron chi connectivity index (χ2n) is 5.66. The zero-order valence-corrected chi connectivity index (χ0v) is 13.4. The van der Waals surface area contributed by atoms with Crippen molar-refractivity contribution in [2.24, 2.45) is 0 Å². The fourth-order valence-electron chi connectivity index (χ4n) is 2.71. The number of carboxylic acid groups (broad SMARTS) is 1. The van der Waals surface area contributed by atoms with E-state index in [0.29, 0.717) is 6.54 Å². The predicted octanol–water partition coefficient (Wildman–Crippen LogP) is 1.39. The van der Waals surface area contributed by atoms with Crippen molar-refractivity contribution in [2.75, 3.05) is 6.54 Å². The molecule has 6 nitrogen and oxygen atoms in total. The first-order chi connectivity index (χ1) is 10.4. The summed E-state index contributed by atoms with van der Waals surface area (Å²) in [6.07, 6.45) is 2.73. The highest BCUT2D eigenvalue weighted by molar-refractivity contribution is 7.87. The Hall–Kier alpha value is -1.44. The van der Waals surface area contributed by atoms with Gasteiger partial charge in [-0.15, -0.1) is 0 Å². The lowest BCUT2D eigenvalue weighted by Gasteiger charge is -2.33. The minimum absolute atomic E-state index is 0.0996. The lowest BCUT2D eigenvalue weighted by Crippen LogP contribution is -2.53. The lowest BCUT2D eigenvalue weighted by atomic mass is 10.1. The first-order valence-electron chi connectivity index (χ1n) is 7.46. The Bertz CT molecular complexity index is 603. The van der Waals surface area contributed by atoms with Crippen molar-refractivity contribution in [3.63, 3.8) is 0 Å². The molecule has 1 heterocycles. The van der Waals surface area contributed by atoms with E-state index in [-0.39, 0.29) is 12.5 Å². The summed E-state index contributed by atoms with van der Waals surface area (Å²) in [7, 11) is -3.79. The standard InChI is InChI=1S/C15H22N2O4S/c1-12-7-5-6-10-17(12)22(20,21)16-14(15(18)19)11-13-8-3-2-4-9-13/h2-4,8-9,12,14,16H,5-7,10-11H2,1H3,(H,18,19)/t12?,14-/m0/s1. The average molecular weight is 326 g/mol. The zero-order valence-electron chi connectivity index (χ0n) is 12.6. The Labute approximate surface area is 131 Å². The summed E-state index contributed by atoms with van der Waals surface area (Å²) in [5, 5.41) is 9.32. The fraction of sp³-hybridized carbons (Fsp3) is 0.533. The van der Waals surface area contributed by atoms with Gasteiger partial charge < -0.3 is 5.11 Å². The van der Waals surface area contributed by atoms with Crippen LogP contribution in [-0.2, 0) is 21.4 Å². The van der Waals surface area contributed by atoms with E-state index in [1.54, 1.807) is 24.3 Å². The van der Waals surface area contributed by atoms with Gasteiger partial charge in [0.15, 0.2) is 0 Å². The minimum Gasteiger partial charge on any atom is -0.480 e. The molecule has 0 aromatic heterocycles. The molecule has 0 radical (unpaired) electrons. The van der Waals surface area contributed by atoms with Crippen LogP contribution in [0.3, 0.4) is 0 Å². The molecule has 1 fully saturated rings. The van der Waals surface area contributed by atoms with Crippen LogP contribution in [0.2, 0.25) is 0 Å². The van der Waals surface area contributed by atoms with Gasteiger partial charge in [0.25, 0.3) is 10.2 Å². The van der Waals surface area contributed by atoms with Gasteiger partial charge in [0.2, 0.25) is 0 Å². The van der Waals surface area contributed by atoms with Crippen molar-refractivity contribution in [1.82, 2.24) is 9.03 Å². The quantitative estimate of drug-likeness (QED) is 0.827. The molecule has 1 saturated heterocycles. The van der Waals surface area contributed by atoms with E-state index in [0.717, 1.165) is 24.8 Å². The Balaban J connectivity index is 2.11. The van der Waals surface area contributed by atoms with Crippen molar-refractivity contribution >= 4 is 16.2 Å². The maximum atomic E-state index is 12.5. The van der Waals surface area contributed by atoms with Crippen molar-refractivity contribution in [3.05, 3.63) is 35.9 Å². The van der Waals surface area contributed by atoms with Crippen molar-refractivity contribution in [2.45, 2.75) is 44.7 Å². The van der Waals surface area contributed by atoms with Crippen molar-refractivity contribution in [1.29, 1.82) is 0 Å². The second kappa shape index (κ2) is 7.21. The van der Waals surface area contributed by atoms with E-state index in [1.165, 1.54) is 4.31 Å². The molecule has 2 N–H and O–H groups in total. The Morgan fingerprint density at radius 2 is 2.05 bits per heavy atom. The summed E-state index contributed by atoms with van der Waals surface area (Å²) in [6, 6.07) is 7.74. The zero-order chi connectivity index (χ0) is 16.2. The van der Waals surface area contributed by atoms with Crippen LogP contribution in [0.25, 0.3) is 0 Å². The maximum Gasteiger partial charge on any atom is 0.322 e. The number of aliphatic carboxylic acids is 1. The maximum absolute atomic E-state index is 12.5. The molecular weight excluding hydrogens is 304 g/mol. The van der Waals surface area contributed by atoms with E-state index >= 15 is 0 Å². The van der Waals surface area contributed by atoms with E-state index in [4.69, 9.17) is 0 Å². The Morgan fingerprint density at radius 1 is 1.36 bits per heavy atom. The monoisotopic (exact) mass is 326 g/mol. The van der Waals surface area contributed by atoms with E-state index < -0.39 is 22.2 Å². The number of hydrogen-bond donors (Lipinski definition) is 2. The summed E-state index contributed by atoms with van der Waals surface area (Å²) in [5.41, 5.74) is 0.782. The average Bonchev–Trinajstić information content (AvgIpc) is 2.47. The number of carbonyl (C=O) groups is 1. The van der Waals surface area contributed by atoms with Gasteiger partial charge >= 0.3 is 5.97 Å². The molecule has 2 atom stereocenters. The summed E-state index contributed by atoms with van der Waals surface area (Å²) in [5.74, 6) is -1.17. The van der Waals surface area contributed by atoms with Crippen LogP contribution in [0, 0.1) is 0 Å². The van der Waals surface area contributed by atoms with Gasteiger partial charge in [-0.3, -0.25) is 4.79 Å². The van der Waals surface area contributed by atoms with Gasteiger partial charge in [0.05, 0.1) is 0 Å². The number of carboxylic acids is 1. The molecule has 0 bridgehead atoms. The SMILES string of the molecule is CC1CCCCN1S(=O)(=O)N[C@@H](Cc1ccccc1)C(=O)O. The van der Waals surface area contributed by atoms with Crippen LogP contribution in [-0.4, -0.2) is 42.4 Å². The Kier molecular flexibility index (Phi) is 5.55. The second-order valence-corrected chi connectivity index (χ2v) is 7.31. The molecule has 7 heteroatoms. The third-order valence-corrected chi connectivity index (χ3v) is 5.66. The molecule has 1 aromatic carbocycles. The van der Waals surface area contributed by atoms with Crippen LogP contribution < -0.4 is 4.72 Å². The molecule has 1 aliphatic rings. The number of hydrogen-bond acceptors (Lipinski definition) is 3. The number of nitrogens with one attached hydrogen (secondary N) is 1. The highest BCUT2D eigenvalue weighted by atomic mass is 32.2. The first kappa shape index (κ1) is 16.9. The minimum atomic E-state index is -3.79. The first-order valence-corrected chi connectivity index (χ1v) is 8.90. The molecule has 1 aromatic rings. The third-order valence-electron chi connectivity index (χ3n) is 3.92. The van der Waals surface area contributed by atoms with Gasteiger partial charge in [-0.05, 0) is 31.7 Å². The summed E-state index contributed by atoms with van der Waals surface area (Å²) < 4.78 is 28.6. The summed E-state index contributed by atoms with van der Waals surface area (Å²) in [4.78, 5) is 11.4. The molecule has 0 amide bonds. The van der Waals surface area contributed by atoms with Gasteiger partial charge in [0.1, 0.15) is 6.04 Å². The van der Waals surface area contributed by atoms with Crippen LogP contribution >= 0.6 is 0 Å². The van der Waals surface area contributed by atoms with E-state index in [2.05, 4.69) is 4.72 Å². The summed E-state index contributed by atoms with van der Waals surface area (Å²) in [6.45, 7) is 2.29. The molecule has 0 aliphatic carbocycles. The van der Waals surface area contributed by atoms with Crippen LogP contribution in [0.1, 0.15) is 31.7 Å². The molecule has 122 valence electrons. The third kappa shape index (κ3) is 4.28. The topological polar surface area (TPSA) is 86.7 Å². The summed E-state index contributed by atoms with van der Waals surface area (Å²) >= 11 is 0. The molecule has 1 unspecified atom stereocenters. The molecular formula is C15H22N2O4S. The van der Waals surface area contributed by atoms with Crippen LogP contribution in [0.5, 0.6) is 0 Å². The smallest absolute Gasteiger partial charge is 0.322 e. The Morgan fingerprint density at radius 3 is 2.64 bits per heavy atom. The van der Waals surface area contributed by atoms with Gasteiger partial charge in [-0.2, -0.15) is 17.4 Å². The fourth-order valence-corrected chi connectivity index (χ4v) is 4.33. The lowest BCUT2D eigenvalue weighted by molar-refractivity contribution is -0.138. The van der Waals surface area contributed by atoms with Gasteiger partial charge in [-0.1, -0.05) is 36.8 Å². The van der Waals surface area contributed by atoms with Gasteiger partial charge in [0, 0.05) is 12.6 Å². The number of benzene rings is 1.